The lowest BCUT2D eigenvalue weighted by Crippen LogP contribution is -2.29. The topological polar surface area (TPSA) is 38.0 Å². The molecule has 1 atom stereocenters. The molecule has 2 aromatic carbocycles. The van der Waals surface area contributed by atoms with Crippen LogP contribution in [-0.2, 0) is 0 Å². The Morgan fingerprint density at radius 1 is 1.19 bits per heavy atom. The maximum atomic E-state index is 6.37. The van der Waals surface area contributed by atoms with Crippen LogP contribution < -0.4 is 11.3 Å². The second kappa shape index (κ2) is 6.49. The van der Waals surface area contributed by atoms with Gasteiger partial charge in [0.15, 0.2) is 0 Å². The largest absolute Gasteiger partial charge is 0.271 e. The third-order valence-electron chi connectivity index (χ3n) is 4.26. The van der Waals surface area contributed by atoms with Crippen molar-refractivity contribution in [1.82, 2.24) is 5.43 Å². The molecule has 0 heterocycles. The molecular weight excluding hydrogens is 348 g/mol. The molecule has 21 heavy (non-hydrogen) atoms. The van der Waals surface area contributed by atoms with E-state index in [0.29, 0.717) is 10.9 Å². The van der Waals surface area contributed by atoms with Crippen LogP contribution in [0.2, 0.25) is 5.02 Å². The number of nitrogens with two attached hydrogens (primary N) is 1. The van der Waals surface area contributed by atoms with Gasteiger partial charge in [0.05, 0.1) is 6.04 Å². The van der Waals surface area contributed by atoms with Crippen molar-refractivity contribution < 1.29 is 0 Å². The van der Waals surface area contributed by atoms with E-state index in [2.05, 4.69) is 45.6 Å². The molecule has 0 spiro atoms. The highest BCUT2D eigenvalue weighted by Gasteiger charge is 2.21. The normalized spacial score (nSPS) is 16.5. The molecule has 0 radical (unpaired) electrons. The fraction of sp³-hybridized carbons (Fsp3) is 0.294. The SMILES string of the molecule is NNC(c1cccc(C2CCC2)c1)c1ccc(Br)cc1Cl. The van der Waals surface area contributed by atoms with Gasteiger partial charge < -0.3 is 0 Å². The second-order valence-corrected chi connectivity index (χ2v) is 6.89. The maximum absolute atomic E-state index is 6.37. The maximum Gasteiger partial charge on any atom is 0.0724 e. The Morgan fingerprint density at radius 3 is 2.62 bits per heavy atom. The Hall–Kier alpha value is -0.870. The second-order valence-electron chi connectivity index (χ2n) is 5.56. The number of hydrazine groups is 1. The van der Waals surface area contributed by atoms with Crippen LogP contribution in [-0.4, -0.2) is 0 Å². The summed E-state index contributed by atoms with van der Waals surface area (Å²) in [4.78, 5) is 0. The highest BCUT2D eigenvalue weighted by molar-refractivity contribution is 9.10. The monoisotopic (exact) mass is 364 g/mol. The van der Waals surface area contributed by atoms with Gasteiger partial charge in [0.25, 0.3) is 0 Å². The van der Waals surface area contributed by atoms with Crippen molar-refractivity contribution in [3.63, 3.8) is 0 Å². The fourth-order valence-corrected chi connectivity index (χ4v) is 3.62. The minimum absolute atomic E-state index is 0.0920. The van der Waals surface area contributed by atoms with Gasteiger partial charge in [-0.15, -0.1) is 0 Å². The van der Waals surface area contributed by atoms with Gasteiger partial charge in [0.2, 0.25) is 0 Å². The molecule has 2 aromatic rings. The lowest BCUT2D eigenvalue weighted by atomic mass is 9.79. The summed E-state index contributed by atoms with van der Waals surface area (Å²) in [7, 11) is 0. The van der Waals surface area contributed by atoms with Crippen molar-refractivity contribution >= 4 is 27.5 Å². The highest BCUT2D eigenvalue weighted by atomic mass is 79.9. The molecule has 110 valence electrons. The van der Waals surface area contributed by atoms with Crippen LogP contribution in [0.15, 0.2) is 46.9 Å². The number of nitrogens with one attached hydrogen (secondary N) is 1. The predicted octanol–water partition coefficient (Wildman–Crippen LogP) is 4.92. The first-order chi connectivity index (χ1) is 10.2. The predicted molar refractivity (Wildman–Crippen MR) is 91.4 cm³/mol. The van der Waals surface area contributed by atoms with Gasteiger partial charge in [-0.2, -0.15) is 0 Å². The molecule has 1 unspecified atom stereocenters. The summed E-state index contributed by atoms with van der Waals surface area (Å²) < 4.78 is 0.968. The van der Waals surface area contributed by atoms with Crippen LogP contribution in [0.4, 0.5) is 0 Å². The van der Waals surface area contributed by atoms with Crippen molar-refractivity contribution in [2.24, 2.45) is 5.84 Å². The number of hydrogen-bond donors (Lipinski definition) is 2. The average Bonchev–Trinajstić information content (AvgIpc) is 2.40. The van der Waals surface area contributed by atoms with Gasteiger partial charge in [-0.1, -0.05) is 64.3 Å². The smallest absolute Gasteiger partial charge is 0.0724 e. The number of halogens is 2. The minimum atomic E-state index is -0.0920. The standard InChI is InChI=1S/C17H18BrClN2/c18-14-7-8-15(16(19)10-14)17(21-20)13-6-2-5-12(9-13)11-3-1-4-11/h2,5-11,17,21H,1,3-4,20H2. The first-order valence-corrected chi connectivity index (χ1v) is 8.37. The van der Waals surface area contributed by atoms with E-state index in [1.54, 1.807) is 0 Å². The van der Waals surface area contributed by atoms with Crippen molar-refractivity contribution in [2.75, 3.05) is 0 Å². The molecule has 3 N–H and O–H groups in total. The molecule has 1 fully saturated rings. The summed E-state index contributed by atoms with van der Waals surface area (Å²) in [6, 6.07) is 14.5. The minimum Gasteiger partial charge on any atom is -0.271 e. The van der Waals surface area contributed by atoms with Crippen LogP contribution in [0, 0.1) is 0 Å². The zero-order valence-electron chi connectivity index (χ0n) is 11.7. The lowest BCUT2D eigenvalue weighted by molar-refractivity contribution is 0.419. The molecule has 1 saturated carbocycles. The van der Waals surface area contributed by atoms with E-state index >= 15 is 0 Å². The number of benzene rings is 2. The molecule has 0 saturated heterocycles. The number of rotatable bonds is 4. The molecule has 1 aliphatic carbocycles. The molecule has 0 bridgehead atoms. The third kappa shape index (κ3) is 3.16. The molecule has 4 heteroatoms. The Balaban J connectivity index is 1.95. The first kappa shape index (κ1) is 15.0. The van der Waals surface area contributed by atoms with Crippen molar-refractivity contribution in [1.29, 1.82) is 0 Å². The zero-order valence-corrected chi connectivity index (χ0v) is 14.0. The molecule has 1 aliphatic rings. The van der Waals surface area contributed by atoms with Crippen LogP contribution in [0.5, 0.6) is 0 Å². The summed E-state index contributed by atoms with van der Waals surface area (Å²) in [5.74, 6) is 6.51. The van der Waals surface area contributed by atoms with E-state index in [1.165, 1.54) is 24.8 Å². The summed E-state index contributed by atoms with van der Waals surface area (Å²) in [5.41, 5.74) is 6.46. The molecule has 0 aliphatic heterocycles. The van der Waals surface area contributed by atoms with E-state index < -0.39 is 0 Å². The van der Waals surface area contributed by atoms with E-state index in [0.717, 1.165) is 15.6 Å². The summed E-state index contributed by atoms with van der Waals surface area (Å²) in [5, 5.41) is 0.710. The van der Waals surface area contributed by atoms with Crippen LogP contribution in [0.3, 0.4) is 0 Å². The van der Waals surface area contributed by atoms with Gasteiger partial charge in [-0.25, -0.2) is 5.43 Å². The average molecular weight is 366 g/mol. The Kier molecular flexibility index (Phi) is 4.65. The van der Waals surface area contributed by atoms with Crippen LogP contribution in [0.1, 0.15) is 47.9 Å². The first-order valence-electron chi connectivity index (χ1n) is 7.20. The van der Waals surface area contributed by atoms with E-state index in [9.17, 15) is 0 Å². The fourth-order valence-electron chi connectivity index (χ4n) is 2.84. The molecule has 2 nitrogen and oxygen atoms in total. The molecule has 0 amide bonds. The summed E-state index contributed by atoms with van der Waals surface area (Å²) in [6.07, 6.45) is 3.93. The van der Waals surface area contributed by atoms with Crippen LogP contribution >= 0.6 is 27.5 Å². The zero-order chi connectivity index (χ0) is 14.8. The van der Waals surface area contributed by atoms with Gasteiger partial charge in [0.1, 0.15) is 0 Å². The summed E-state index contributed by atoms with van der Waals surface area (Å²) in [6.45, 7) is 0. The van der Waals surface area contributed by atoms with Gasteiger partial charge in [0, 0.05) is 9.50 Å². The molecule has 3 rings (SSSR count). The molecular formula is C17H18BrClN2. The van der Waals surface area contributed by atoms with Gasteiger partial charge >= 0.3 is 0 Å². The van der Waals surface area contributed by atoms with Crippen LogP contribution in [0.25, 0.3) is 0 Å². The van der Waals surface area contributed by atoms with Crippen molar-refractivity contribution in [3.05, 3.63) is 68.7 Å². The Labute approximate surface area is 138 Å². The van der Waals surface area contributed by atoms with Gasteiger partial charge in [-0.3, -0.25) is 5.84 Å². The Morgan fingerprint density at radius 2 is 2.00 bits per heavy atom. The molecule has 0 aromatic heterocycles. The van der Waals surface area contributed by atoms with E-state index in [-0.39, 0.29) is 6.04 Å². The van der Waals surface area contributed by atoms with Crippen molar-refractivity contribution in [2.45, 2.75) is 31.2 Å². The lowest BCUT2D eigenvalue weighted by Gasteiger charge is -2.27. The quantitative estimate of drug-likeness (QED) is 0.596. The van der Waals surface area contributed by atoms with E-state index in [1.807, 2.05) is 18.2 Å². The third-order valence-corrected chi connectivity index (χ3v) is 5.08. The Bertz CT molecular complexity index is 640. The van der Waals surface area contributed by atoms with Crippen molar-refractivity contribution in [3.8, 4) is 0 Å². The van der Waals surface area contributed by atoms with E-state index in [4.69, 9.17) is 17.4 Å². The number of hydrogen-bond acceptors (Lipinski definition) is 2. The van der Waals surface area contributed by atoms with Gasteiger partial charge in [-0.05, 0) is 47.6 Å². The highest BCUT2D eigenvalue weighted by Crippen LogP contribution is 2.38. The summed E-state index contributed by atoms with van der Waals surface area (Å²) >= 11 is 9.80.